The highest BCUT2D eigenvalue weighted by atomic mass is 16.5. The Bertz CT molecular complexity index is 678. The molecule has 1 aliphatic rings. The Morgan fingerprint density at radius 3 is 2.61 bits per heavy atom. The summed E-state index contributed by atoms with van der Waals surface area (Å²) in [5, 5.41) is 0. The molecule has 1 atom stereocenters. The summed E-state index contributed by atoms with van der Waals surface area (Å²) in [4.78, 5) is 10.9. The molecule has 1 aromatic heterocycles. The van der Waals surface area contributed by atoms with Crippen molar-refractivity contribution in [3.63, 3.8) is 0 Å². The predicted octanol–water partition coefficient (Wildman–Crippen LogP) is 2.50. The highest BCUT2D eigenvalue weighted by Gasteiger charge is 2.29. The smallest absolute Gasteiger partial charge is 0.257 e. The molecule has 6 nitrogen and oxygen atoms in total. The van der Waals surface area contributed by atoms with Crippen LogP contribution < -0.4 is 19.1 Å². The van der Waals surface area contributed by atoms with E-state index in [1.807, 2.05) is 12.1 Å². The first-order valence-electron chi connectivity index (χ1n) is 7.58. The number of rotatable bonds is 5. The molecule has 0 radical (unpaired) electrons. The lowest BCUT2D eigenvalue weighted by atomic mass is 9.97. The number of methoxy groups -OCH3 is 3. The average molecular weight is 315 g/mol. The van der Waals surface area contributed by atoms with E-state index in [4.69, 9.17) is 14.2 Å². The maximum Gasteiger partial charge on any atom is 0.257 e. The number of hydrogen-bond acceptors (Lipinski definition) is 6. The zero-order chi connectivity index (χ0) is 16.2. The number of hydrogen-bond donors (Lipinski definition) is 0. The van der Waals surface area contributed by atoms with Gasteiger partial charge < -0.3 is 19.1 Å². The molecule has 6 heteroatoms. The van der Waals surface area contributed by atoms with E-state index in [9.17, 15) is 0 Å². The molecular formula is C17H21N3O3. The van der Waals surface area contributed by atoms with Gasteiger partial charge in [-0.1, -0.05) is 0 Å². The molecule has 3 rings (SSSR count). The van der Waals surface area contributed by atoms with Crippen molar-refractivity contribution in [1.29, 1.82) is 0 Å². The lowest BCUT2D eigenvalue weighted by Crippen LogP contribution is -2.21. The van der Waals surface area contributed by atoms with E-state index in [1.165, 1.54) is 0 Å². The van der Waals surface area contributed by atoms with Crippen LogP contribution in [0.1, 0.15) is 17.9 Å². The molecule has 0 aliphatic carbocycles. The summed E-state index contributed by atoms with van der Waals surface area (Å²) in [5.41, 5.74) is 1.16. The fourth-order valence-electron chi connectivity index (χ4n) is 3.04. The molecule has 2 aromatic rings. The van der Waals surface area contributed by atoms with Gasteiger partial charge in [-0.3, -0.25) is 0 Å². The third-order valence-corrected chi connectivity index (χ3v) is 4.20. The standard InChI is InChI=1S/C17H21N3O3/c1-21-13-4-5-15(22-2)14(10-13)12-6-9-20(11-12)16-17(23-3)19-8-7-18-16/h4-5,7-8,10,12H,6,9,11H2,1-3H3/t12-/m1/s1. The van der Waals surface area contributed by atoms with Gasteiger partial charge in [-0.25, -0.2) is 9.97 Å². The Labute approximate surface area is 136 Å². The largest absolute Gasteiger partial charge is 0.497 e. The van der Waals surface area contributed by atoms with E-state index in [0.29, 0.717) is 11.8 Å². The topological polar surface area (TPSA) is 56.7 Å². The van der Waals surface area contributed by atoms with Gasteiger partial charge in [0.1, 0.15) is 11.5 Å². The van der Waals surface area contributed by atoms with Crippen LogP contribution in [0.5, 0.6) is 17.4 Å². The Kier molecular flexibility index (Phi) is 4.50. The van der Waals surface area contributed by atoms with Gasteiger partial charge in [0.05, 0.1) is 21.3 Å². The van der Waals surface area contributed by atoms with Gasteiger partial charge >= 0.3 is 0 Å². The van der Waals surface area contributed by atoms with Gasteiger partial charge in [0.25, 0.3) is 5.88 Å². The molecule has 0 unspecified atom stereocenters. The molecule has 122 valence electrons. The van der Waals surface area contributed by atoms with E-state index in [1.54, 1.807) is 33.7 Å². The summed E-state index contributed by atoms with van der Waals surface area (Å²) in [5.74, 6) is 3.44. The van der Waals surface area contributed by atoms with Crippen LogP contribution in [0.4, 0.5) is 5.82 Å². The fraction of sp³-hybridized carbons (Fsp3) is 0.412. The van der Waals surface area contributed by atoms with E-state index in [-0.39, 0.29) is 0 Å². The van der Waals surface area contributed by atoms with E-state index < -0.39 is 0 Å². The lowest BCUT2D eigenvalue weighted by Gasteiger charge is -2.20. The zero-order valence-electron chi connectivity index (χ0n) is 13.7. The van der Waals surface area contributed by atoms with Crippen molar-refractivity contribution in [3.05, 3.63) is 36.2 Å². The Balaban J connectivity index is 1.85. The van der Waals surface area contributed by atoms with Crippen LogP contribution in [-0.4, -0.2) is 44.4 Å². The minimum Gasteiger partial charge on any atom is -0.497 e. The van der Waals surface area contributed by atoms with Crippen molar-refractivity contribution in [2.24, 2.45) is 0 Å². The second kappa shape index (κ2) is 6.73. The van der Waals surface area contributed by atoms with Gasteiger partial charge in [0, 0.05) is 37.0 Å². The second-order valence-electron chi connectivity index (χ2n) is 5.43. The SMILES string of the molecule is COc1ccc(OC)c([C@@H]2CCN(c3nccnc3OC)C2)c1. The van der Waals surface area contributed by atoms with Gasteiger partial charge in [-0.15, -0.1) is 0 Å². The normalized spacial score (nSPS) is 17.2. The molecule has 0 saturated carbocycles. The maximum absolute atomic E-state index is 5.52. The van der Waals surface area contributed by atoms with Gasteiger partial charge in [-0.05, 0) is 24.6 Å². The quantitative estimate of drug-likeness (QED) is 0.845. The number of benzene rings is 1. The third-order valence-electron chi connectivity index (χ3n) is 4.20. The number of anilines is 1. The highest BCUT2D eigenvalue weighted by Crippen LogP contribution is 2.38. The summed E-state index contributed by atoms with van der Waals surface area (Å²) >= 11 is 0. The van der Waals surface area contributed by atoms with Gasteiger partial charge in [0.2, 0.25) is 0 Å². The molecule has 0 amide bonds. The summed E-state index contributed by atoms with van der Waals surface area (Å²) < 4.78 is 16.2. The zero-order valence-corrected chi connectivity index (χ0v) is 13.7. The monoisotopic (exact) mass is 315 g/mol. The van der Waals surface area contributed by atoms with Crippen LogP contribution in [0, 0.1) is 0 Å². The Hall–Kier alpha value is -2.50. The molecule has 1 fully saturated rings. The first-order chi connectivity index (χ1) is 11.3. The number of nitrogens with zero attached hydrogens (tertiary/aromatic N) is 3. The summed E-state index contributed by atoms with van der Waals surface area (Å²) in [7, 11) is 4.99. The van der Waals surface area contributed by atoms with Gasteiger partial charge in [0.15, 0.2) is 5.82 Å². The minimum atomic E-state index is 0.353. The first-order valence-corrected chi connectivity index (χ1v) is 7.58. The minimum absolute atomic E-state index is 0.353. The predicted molar refractivity (Wildman–Crippen MR) is 87.7 cm³/mol. The van der Waals surface area contributed by atoms with Crippen LogP contribution in [0.2, 0.25) is 0 Å². The Morgan fingerprint density at radius 1 is 1.04 bits per heavy atom. The van der Waals surface area contributed by atoms with Gasteiger partial charge in [-0.2, -0.15) is 0 Å². The number of aromatic nitrogens is 2. The molecule has 2 heterocycles. The maximum atomic E-state index is 5.52. The highest BCUT2D eigenvalue weighted by molar-refractivity contribution is 5.51. The van der Waals surface area contributed by atoms with Crippen molar-refractivity contribution >= 4 is 5.82 Å². The fourth-order valence-corrected chi connectivity index (χ4v) is 3.04. The van der Waals surface area contributed by atoms with Crippen molar-refractivity contribution in [1.82, 2.24) is 9.97 Å². The van der Waals surface area contributed by atoms with Crippen molar-refractivity contribution in [3.8, 4) is 17.4 Å². The first kappa shape index (κ1) is 15.4. The van der Waals surface area contributed by atoms with E-state index in [2.05, 4.69) is 20.9 Å². The molecule has 0 spiro atoms. The van der Waals surface area contributed by atoms with Crippen molar-refractivity contribution in [2.75, 3.05) is 39.3 Å². The molecule has 0 bridgehead atoms. The molecule has 0 N–H and O–H groups in total. The summed E-state index contributed by atoms with van der Waals surface area (Å²) in [6.45, 7) is 1.75. The molecule has 1 saturated heterocycles. The summed E-state index contributed by atoms with van der Waals surface area (Å²) in [6, 6.07) is 5.93. The van der Waals surface area contributed by atoms with Crippen LogP contribution >= 0.6 is 0 Å². The van der Waals surface area contributed by atoms with Crippen LogP contribution in [0.25, 0.3) is 0 Å². The van der Waals surface area contributed by atoms with Crippen LogP contribution in [-0.2, 0) is 0 Å². The number of ether oxygens (including phenoxy) is 3. The molecule has 1 aliphatic heterocycles. The third kappa shape index (κ3) is 3.02. The van der Waals surface area contributed by atoms with Crippen molar-refractivity contribution in [2.45, 2.75) is 12.3 Å². The lowest BCUT2D eigenvalue weighted by molar-refractivity contribution is 0.394. The Morgan fingerprint density at radius 2 is 1.87 bits per heavy atom. The van der Waals surface area contributed by atoms with Crippen molar-refractivity contribution < 1.29 is 14.2 Å². The second-order valence-corrected chi connectivity index (χ2v) is 5.43. The van der Waals surface area contributed by atoms with E-state index in [0.717, 1.165) is 42.4 Å². The summed E-state index contributed by atoms with van der Waals surface area (Å²) in [6.07, 6.45) is 4.35. The van der Waals surface area contributed by atoms with Crippen LogP contribution in [0.3, 0.4) is 0 Å². The molecule has 23 heavy (non-hydrogen) atoms. The average Bonchev–Trinajstić information content (AvgIpc) is 3.10. The molecular weight excluding hydrogens is 294 g/mol. The molecule has 1 aromatic carbocycles. The van der Waals surface area contributed by atoms with Crippen LogP contribution in [0.15, 0.2) is 30.6 Å². The van der Waals surface area contributed by atoms with E-state index >= 15 is 0 Å².